The maximum atomic E-state index is 12.6. The minimum atomic E-state index is -4.35. The molecule has 140 valence electrons. The number of aromatic nitrogens is 1. The average Bonchev–Trinajstić information content (AvgIpc) is 3.00. The first-order valence-corrected chi connectivity index (χ1v) is 8.77. The highest BCUT2D eigenvalue weighted by atomic mass is 32.1. The van der Waals surface area contributed by atoms with E-state index < -0.39 is 11.7 Å². The predicted molar refractivity (Wildman–Crippen MR) is 92.9 cm³/mol. The lowest BCUT2D eigenvalue weighted by Gasteiger charge is -2.06. The molecule has 0 spiro atoms. The Balaban J connectivity index is 1.87. The van der Waals surface area contributed by atoms with Gasteiger partial charge in [0.1, 0.15) is 0 Å². The molecule has 0 aliphatic heterocycles. The SMILES string of the molecule is CCCC(=O)NCC(=O)Nc1ncc(Cc2ccc(C(F)(F)F)cc2)s1. The molecular weight excluding hydrogens is 367 g/mol. The molecule has 1 aromatic carbocycles. The molecule has 0 aliphatic rings. The normalized spacial score (nSPS) is 11.2. The van der Waals surface area contributed by atoms with Crippen molar-refractivity contribution in [3.05, 3.63) is 46.5 Å². The number of anilines is 1. The molecule has 5 nitrogen and oxygen atoms in total. The van der Waals surface area contributed by atoms with Gasteiger partial charge in [0, 0.05) is 23.9 Å². The van der Waals surface area contributed by atoms with Crippen molar-refractivity contribution in [2.45, 2.75) is 32.4 Å². The third kappa shape index (κ3) is 6.14. The molecule has 2 amide bonds. The van der Waals surface area contributed by atoms with Gasteiger partial charge < -0.3 is 10.6 Å². The van der Waals surface area contributed by atoms with Crippen LogP contribution in [0, 0.1) is 0 Å². The molecule has 1 heterocycles. The van der Waals surface area contributed by atoms with Crippen LogP contribution < -0.4 is 10.6 Å². The lowest BCUT2D eigenvalue weighted by atomic mass is 10.1. The second-order valence-corrected chi connectivity index (χ2v) is 6.69. The smallest absolute Gasteiger partial charge is 0.347 e. The summed E-state index contributed by atoms with van der Waals surface area (Å²) in [5.74, 6) is -0.574. The summed E-state index contributed by atoms with van der Waals surface area (Å²) in [5.41, 5.74) is 0.0231. The number of benzene rings is 1. The molecular formula is C17H18F3N3O2S. The van der Waals surface area contributed by atoms with Gasteiger partial charge in [0.15, 0.2) is 5.13 Å². The summed E-state index contributed by atoms with van der Waals surface area (Å²) in [6.07, 6.45) is -1.31. The number of halogens is 3. The molecule has 0 atom stereocenters. The summed E-state index contributed by atoms with van der Waals surface area (Å²) in [6.45, 7) is 1.74. The highest BCUT2D eigenvalue weighted by Crippen LogP contribution is 2.29. The third-order valence-corrected chi connectivity index (χ3v) is 4.30. The van der Waals surface area contributed by atoms with Gasteiger partial charge in [-0.25, -0.2) is 4.98 Å². The van der Waals surface area contributed by atoms with Crippen molar-refractivity contribution < 1.29 is 22.8 Å². The van der Waals surface area contributed by atoms with Crippen LogP contribution in [-0.2, 0) is 22.2 Å². The topological polar surface area (TPSA) is 71.1 Å². The summed E-state index contributed by atoms with van der Waals surface area (Å²) >= 11 is 1.23. The van der Waals surface area contributed by atoms with Gasteiger partial charge in [-0.15, -0.1) is 11.3 Å². The Bertz CT molecular complexity index is 757. The van der Waals surface area contributed by atoms with Crippen LogP contribution in [0.3, 0.4) is 0 Å². The fourth-order valence-electron chi connectivity index (χ4n) is 2.12. The van der Waals surface area contributed by atoms with Gasteiger partial charge in [-0.3, -0.25) is 9.59 Å². The average molecular weight is 385 g/mol. The third-order valence-electron chi connectivity index (χ3n) is 3.38. The van der Waals surface area contributed by atoms with E-state index in [-0.39, 0.29) is 18.4 Å². The van der Waals surface area contributed by atoms with Crippen molar-refractivity contribution in [2.24, 2.45) is 0 Å². The van der Waals surface area contributed by atoms with Crippen molar-refractivity contribution in [1.29, 1.82) is 0 Å². The number of alkyl halides is 3. The molecule has 2 rings (SSSR count). The summed E-state index contributed by atoms with van der Waals surface area (Å²) < 4.78 is 37.7. The summed E-state index contributed by atoms with van der Waals surface area (Å²) in [6, 6.07) is 4.92. The van der Waals surface area contributed by atoms with Gasteiger partial charge in [-0.2, -0.15) is 13.2 Å². The van der Waals surface area contributed by atoms with Gasteiger partial charge in [-0.05, 0) is 24.1 Å². The van der Waals surface area contributed by atoms with Crippen LogP contribution in [0.5, 0.6) is 0 Å². The first kappa shape index (κ1) is 19.9. The van der Waals surface area contributed by atoms with E-state index in [0.717, 1.165) is 17.0 Å². The lowest BCUT2D eigenvalue weighted by molar-refractivity contribution is -0.137. The monoisotopic (exact) mass is 385 g/mol. The minimum Gasteiger partial charge on any atom is -0.347 e. The van der Waals surface area contributed by atoms with Crippen molar-refractivity contribution >= 4 is 28.3 Å². The standard InChI is InChI=1S/C17H18F3N3O2S/c1-2-3-14(24)21-10-15(25)23-16-22-9-13(26-16)8-11-4-6-12(7-5-11)17(18,19)20/h4-7,9H,2-3,8,10H2,1H3,(H,21,24)(H,22,23,25). The number of carbonyl (C=O) groups is 2. The molecule has 0 fully saturated rings. The fourth-order valence-corrected chi connectivity index (χ4v) is 2.98. The number of rotatable bonds is 7. The van der Waals surface area contributed by atoms with Gasteiger partial charge in [0.2, 0.25) is 11.8 Å². The largest absolute Gasteiger partial charge is 0.416 e. The van der Waals surface area contributed by atoms with E-state index in [4.69, 9.17) is 0 Å². The molecule has 26 heavy (non-hydrogen) atoms. The first-order chi connectivity index (χ1) is 12.3. The van der Waals surface area contributed by atoms with E-state index in [0.29, 0.717) is 30.0 Å². The second-order valence-electron chi connectivity index (χ2n) is 5.58. The van der Waals surface area contributed by atoms with E-state index in [1.807, 2.05) is 6.92 Å². The van der Waals surface area contributed by atoms with E-state index >= 15 is 0 Å². The van der Waals surface area contributed by atoms with Crippen LogP contribution in [0.2, 0.25) is 0 Å². The molecule has 0 radical (unpaired) electrons. The van der Waals surface area contributed by atoms with Gasteiger partial charge in [0.05, 0.1) is 12.1 Å². The molecule has 1 aromatic heterocycles. The Morgan fingerprint density at radius 1 is 1.15 bits per heavy atom. The van der Waals surface area contributed by atoms with E-state index in [1.54, 1.807) is 6.20 Å². The molecule has 0 saturated heterocycles. The number of amides is 2. The molecule has 0 unspecified atom stereocenters. The van der Waals surface area contributed by atoms with Gasteiger partial charge in [-0.1, -0.05) is 19.1 Å². The zero-order valence-electron chi connectivity index (χ0n) is 14.0. The van der Waals surface area contributed by atoms with Crippen molar-refractivity contribution in [2.75, 3.05) is 11.9 Å². The van der Waals surface area contributed by atoms with E-state index in [1.165, 1.54) is 23.5 Å². The number of nitrogens with zero attached hydrogens (tertiary/aromatic N) is 1. The number of thiazole rings is 1. The number of hydrogen-bond donors (Lipinski definition) is 2. The van der Waals surface area contributed by atoms with E-state index in [2.05, 4.69) is 15.6 Å². The zero-order valence-corrected chi connectivity index (χ0v) is 14.8. The number of nitrogens with one attached hydrogen (secondary N) is 2. The van der Waals surface area contributed by atoms with Crippen molar-refractivity contribution in [1.82, 2.24) is 10.3 Å². The Labute approximate surface area is 152 Å². The highest BCUT2D eigenvalue weighted by Gasteiger charge is 2.29. The van der Waals surface area contributed by atoms with Gasteiger partial charge in [0.25, 0.3) is 0 Å². The molecule has 9 heteroatoms. The minimum absolute atomic E-state index is 0.132. The Kier molecular flexibility index (Phi) is 6.73. The molecule has 0 aliphatic carbocycles. The maximum Gasteiger partial charge on any atom is 0.416 e. The van der Waals surface area contributed by atoms with Crippen LogP contribution >= 0.6 is 11.3 Å². The zero-order chi connectivity index (χ0) is 19.2. The second kappa shape index (κ2) is 8.79. The first-order valence-electron chi connectivity index (χ1n) is 7.95. The summed E-state index contributed by atoms with van der Waals surface area (Å²) in [7, 11) is 0. The van der Waals surface area contributed by atoms with Crippen molar-refractivity contribution in [3.8, 4) is 0 Å². The maximum absolute atomic E-state index is 12.6. The Morgan fingerprint density at radius 3 is 2.46 bits per heavy atom. The quantitative estimate of drug-likeness (QED) is 0.765. The van der Waals surface area contributed by atoms with Crippen molar-refractivity contribution in [3.63, 3.8) is 0 Å². The molecule has 0 saturated carbocycles. The lowest BCUT2D eigenvalue weighted by Crippen LogP contribution is -2.32. The van der Waals surface area contributed by atoms with Crippen LogP contribution in [-0.4, -0.2) is 23.3 Å². The molecule has 2 aromatic rings. The number of carbonyl (C=O) groups excluding carboxylic acids is 2. The van der Waals surface area contributed by atoms with E-state index in [9.17, 15) is 22.8 Å². The van der Waals surface area contributed by atoms with Gasteiger partial charge >= 0.3 is 6.18 Å². The Hall–Kier alpha value is -2.42. The summed E-state index contributed by atoms with van der Waals surface area (Å²) in [4.78, 5) is 27.9. The summed E-state index contributed by atoms with van der Waals surface area (Å²) in [5, 5.41) is 5.46. The number of hydrogen-bond acceptors (Lipinski definition) is 4. The van der Waals surface area contributed by atoms with Crippen LogP contribution in [0.25, 0.3) is 0 Å². The van der Waals surface area contributed by atoms with Crippen LogP contribution in [0.1, 0.15) is 35.8 Å². The molecule has 2 N–H and O–H groups in total. The van der Waals surface area contributed by atoms with Crippen LogP contribution in [0.4, 0.5) is 18.3 Å². The molecule has 0 bridgehead atoms. The highest BCUT2D eigenvalue weighted by molar-refractivity contribution is 7.15. The fraction of sp³-hybridized carbons (Fsp3) is 0.353. The van der Waals surface area contributed by atoms with Crippen LogP contribution in [0.15, 0.2) is 30.5 Å². The predicted octanol–water partition coefficient (Wildman–Crippen LogP) is 3.61. The Morgan fingerprint density at radius 2 is 1.85 bits per heavy atom.